The molecule has 14 heavy (non-hydrogen) atoms. The van der Waals surface area contributed by atoms with Crippen molar-refractivity contribution in [1.82, 2.24) is 0 Å². The van der Waals surface area contributed by atoms with E-state index in [9.17, 15) is 4.79 Å². The van der Waals surface area contributed by atoms with Gasteiger partial charge in [0.2, 0.25) is 0 Å². The topological polar surface area (TPSA) is 50.4 Å². The Balaban J connectivity index is 0.000000980. The molecule has 1 N–H and O–H groups in total. The predicted molar refractivity (Wildman–Crippen MR) is 56.0 cm³/mol. The number of aryl methyl sites for hydroxylation is 1. The molecule has 0 fully saturated rings. The normalized spacial score (nSPS) is 9.79. The van der Waals surface area contributed by atoms with Gasteiger partial charge in [-0.15, -0.1) is 0 Å². The van der Waals surface area contributed by atoms with E-state index in [0.717, 1.165) is 5.39 Å². The fourth-order valence-corrected chi connectivity index (χ4v) is 1.20. The summed E-state index contributed by atoms with van der Waals surface area (Å²) in [6, 6.07) is 6.43. The van der Waals surface area contributed by atoms with E-state index in [4.69, 9.17) is 9.52 Å². The minimum absolute atomic E-state index is 0. The molecule has 1 aromatic heterocycles. The zero-order chi connectivity index (χ0) is 9.42. The van der Waals surface area contributed by atoms with Gasteiger partial charge in [0, 0.05) is 17.0 Å². The van der Waals surface area contributed by atoms with Crippen molar-refractivity contribution < 1.29 is 9.52 Å². The quantitative estimate of drug-likeness (QED) is 0.512. The minimum atomic E-state index is -0.363. The van der Waals surface area contributed by atoms with Crippen LogP contribution in [0.5, 0.6) is 5.75 Å². The monoisotopic (exact) mass is 200 g/mol. The fraction of sp³-hybridized carbons (Fsp3) is 0.100. The molecule has 0 aliphatic heterocycles. The Morgan fingerprint density at radius 1 is 1.29 bits per heavy atom. The average Bonchev–Trinajstić information content (AvgIpc) is 2.08. The standard InChI is InChI=1S/C10H8O3.Na.H/c1-6-4-7-2-3-8(11)5-9(7)13-10(6)12;;/h2-5,11H,1H3;;. The van der Waals surface area contributed by atoms with Crippen molar-refractivity contribution in [3.8, 4) is 5.75 Å². The average molecular weight is 200 g/mol. The van der Waals surface area contributed by atoms with Gasteiger partial charge < -0.3 is 9.52 Å². The predicted octanol–water partition coefficient (Wildman–Crippen LogP) is 1.16. The summed E-state index contributed by atoms with van der Waals surface area (Å²) in [5, 5.41) is 9.94. The van der Waals surface area contributed by atoms with Gasteiger partial charge in [-0.25, -0.2) is 4.79 Å². The number of fused-ring (bicyclic) bond motifs is 1. The van der Waals surface area contributed by atoms with Crippen molar-refractivity contribution in [3.05, 3.63) is 40.2 Å². The van der Waals surface area contributed by atoms with Gasteiger partial charge >= 0.3 is 35.2 Å². The number of rotatable bonds is 0. The summed E-state index contributed by atoms with van der Waals surface area (Å²) in [6.45, 7) is 1.69. The molecule has 1 aromatic carbocycles. The summed E-state index contributed by atoms with van der Waals surface area (Å²) in [5.41, 5.74) is 0.617. The number of phenolic OH excluding ortho intramolecular Hbond substituents is 1. The zero-order valence-corrected chi connectivity index (χ0v) is 7.07. The molecule has 1 heterocycles. The van der Waals surface area contributed by atoms with Crippen molar-refractivity contribution in [3.63, 3.8) is 0 Å². The number of aromatic hydroxyl groups is 1. The van der Waals surface area contributed by atoms with Crippen LogP contribution < -0.4 is 5.63 Å². The Kier molecular flexibility index (Phi) is 3.37. The Labute approximate surface area is 103 Å². The summed E-state index contributed by atoms with van der Waals surface area (Å²) in [6.07, 6.45) is 0. The van der Waals surface area contributed by atoms with Crippen LogP contribution in [0.1, 0.15) is 5.56 Å². The maximum atomic E-state index is 11.1. The molecule has 3 nitrogen and oxygen atoms in total. The first kappa shape index (κ1) is 11.3. The number of benzene rings is 1. The van der Waals surface area contributed by atoms with Crippen molar-refractivity contribution in [1.29, 1.82) is 0 Å². The molecule has 2 aromatic rings. The first-order valence-electron chi connectivity index (χ1n) is 3.90. The van der Waals surface area contributed by atoms with Gasteiger partial charge in [-0.3, -0.25) is 0 Å². The van der Waals surface area contributed by atoms with E-state index in [2.05, 4.69) is 0 Å². The van der Waals surface area contributed by atoms with Crippen LogP contribution in [-0.2, 0) is 0 Å². The molecule has 0 amide bonds. The summed E-state index contributed by atoms with van der Waals surface area (Å²) in [5.74, 6) is 0.0968. The summed E-state index contributed by atoms with van der Waals surface area (Å²) >= 11 is 0. The summed E-state index contributed by atoms with van der Waals surface area (Å²) in [7, 11) is 0. The molecule has 0 saturated heterocycles. The molecule has 0 aliphatic carbocycles. The van der Waals surface area contributed by atoms with Gasteiger partial charge in [0.15, 0.2) is 0 Å². The number of phenols is 1. The summed E-state index contributed by atoms with van der Waals surface area (Å²) < 4.78 is 4.96. The van der Waals surface area contributed by atoms with Gasteiger partial charge in [-0.05, 0) is 25.1 Å². The molecule has 0 unspecified atom stereocenters. The number of hydrogen-bond acceptors (Lipinski definition) is 3. The molecule has 4 heteroatoms. The van der Waals surface area contributed by atoms with E-state index in [1.807, 2.05) is 0 Å². The van der Waals surface area contributed by atoms with Crippen LogP contribution in [0, 0.1) is 6.92 Å². The van der Waals surface area contributed by atoms with Crippen molar-refractivity contribution in [2.24, 2.45) is 0 Å². The molecule has 0 spiro atoms. The van der Waals surface area contributed by atoms with Crippen molar-refractivity contribution >= 4 is 40.5 Å². The van der Waals surface area contributed by atoms with Crippen LogP contribution in [0.15, 0.2) is 33.5 Å². The Bertz CT molecular complexity index is 516. The summed E-state index contributed by atoms with van der Waals surface area (Å²) in [4.78, 5) is 11.1. The SMILES string of the molecule is Cc1cc2ccc(O)cc2oc1=O.[NaH]. The third-order valence-corrected chi connectivity index (χ3v) is 1.89. The molecule has 2 rings (SSSR count). The van der Waals surface area contributed by atoms with Crippen LogP contribution in [0.4, 0.5) is 0 Å². The second-order valence-electron chi connectivity index (χ2n) is 2.94. The van der Waals surface area contributed by atoms with E-state index in [1.54, 1.807) is 25.1 Å². The Morgan fingerprint density at radius 2 is 2.00 bits per heavy atom. The zero-order valence-electron chi connectivity index (χ0n) is 7.07. The van der Waals surface area contributed by atoms with E-state index >= 15 is 0 Å². The molecule has 0 aliphatic rings. The van der Waals surface area contributed by atoms with E-state index in [-0.39, 0.29) is 40.9 Å². The maximum absolute atomic E-state index is 11.1. The molecule has 68 valence electrons. The van der Waals surface area contributed by atoms with Crippen molar-refractivity contribution in [2.75, 3.05) is 0 Å². The van der Waals surface area contributed by atoms with Gasteiger partial charge in [-0.1, -0.05) is 0 Å². The Hall–Kier alpha value is -0.770. The molecule has 0 radical (unpaired) electrons. The van der Waals surface area contributed by atoms with Gasteiger partial charge in [-0.2, -0.15) is 0 Å². The van der Waals surface area contributed by atoms with Gasteiger partial charge in [0.25, 0.3) is 0 Å². The van der Waals surface area contributed by atoms with E-state index in [1.165, 1.54) is 6.07 Å². The van der Waals surface area contributed by atoms with E-state index < -0.39 is 0 Å². The van der Waals surface area contributed by atoms with Crippen LogP contribution in [-0.4, -0.2) is 34.7 Å². The molecule has 0 atom stereocenters. The Morgan fingerprint density at radius 3 is 2.71 bits per heavy atom. The van der Waals surface area contributed by atoms with E-state index in [0.29, 0.717) is 11.1 Å². The molecular formula is C10H9NaO3. The molecule has 0 saturated carbocycles. The number of hydrogen-bond donors (Lipinski definition) is 1. The molecular weight excluding hydrogens is 191 g/mol. The second kappa shape index (κ2) is 4.17. The van der Waals surface area contributed by atoms with Crippen LogP contribution in [0.25, 0.3) is 11.0 Å². The van der Waals surface area contributed by atoms with Crippen molar-refractivity contribution in [2.45, 2.75) is 6.92 Å². The van der Waals surface area contributed by atoms with Crippen LogP contribution >= 0.6 is 0 Å². The third-order valence-electron chi connectivity index (χ3n) is 1.89. The van der Waals surface area contributed by atoms with Crippen LogP contribution in [0.3, 0.4) is 0 Å². The second-order valence-corrected chi connectivity index (χ2v) is 2.94. The van der Waals surface area contributed by atoms with Gasteiger partial charge in [0.05, 0.1) is 0 Å². The fourth-order valence-electron chi connectivity index (χ4n) is 1.20. The first-order chi connectivity index (χ1) is 6.16. The third kappa shape index (κ3) is 2.00. The first-order valence-corrected chi connectivity index (χ1v) is 3.90. The molecule has 0 bridgehead atoms. The van der Waals surface area contributed by atoms with Gasteiger partial charge in [0.1, 0.15) is 11.3 Å². The van der Waals surface area contributed by atoms with Crippen LogP contribution in [0.2, 0.25) is 0 Å².